The van der Waals surface area contributed by atoms with Crippen LogP contribution in [0.1, 0.15) is 50.7 Å². The second kappa shape index (κ2) is 6.52. The molecule has 0 aliphatic carbocycles. The van der Waals surface area contributed by atoms with Gasteiger partial charge in [0.1, 0.15) is 18.7 Å². The zero-order valence-electron chi connectivity index (χ0n) is 12.3. The van der Waals surface area contributed by atoms with Crippen molar-refractivity contribution >= 4 is 0 Å². The summed E-state index contributed by atoms with van der Waals surface area (Å²) < 4.78 is 7.76. The first-order chi connectivity index (χ1) is 9.63. The van der Waals surface area contributed by atoms with Gasteiger partial charge in [0, 0.05) is 17.6 Å². The van der Waals surface area contributed by atoms with E-state index < -0.39 is 0 Å². The molecule has 5 nitrogen and oxygen atoms in total. The summed E-state index contributed by atoms with van der Waals surface area (Å²) in [6, 6.07) is 8.15. The summed E-state index contributed by atoms with van der Waals surface area (Å²) in [5.41, 5.74) is 7.14. The molecule has 0 radical (unpaired) electrons. The minimum Gasteiger partial charge on any atom is -0.485 e. The van der Waals surface area contributed by atoms with Crippen LogP contribution < -0.4 is 10.5 Å². The molecule has 20 heavy (non-hydrogen) atoms. The zero-order valence-corrected chi connectivity index (χ0v) is 12.3. The van der Waals surface area contributed by atoms with Gasteiger partial charge in [0.2, 0.25) is 0 Å². The van der Waals surface area contributed by atoms with Crippen LogP contribution in [0.15, 0.2) is 30.6 Å². The molecule has 0 fully saturated rings. The summed E-state index contributed by atoms with van der Waals surface area (Å²) in [5, 5.41) is 4.20. The number of benzene rings is 1. The molecule has 0 amide bonds. The second-order valence-corrected chi connectivity index (χ2v) is 5.06. The molecule has 2 rings (SSSR count). The van der Waals surface area contributed by atoms with Gasteiger partial charge in [0.25, 0.3) is 0 Å². The Labute approximate surface area is 119 Å². The fourth-order valence-electron chi connectivity index (χ4n) is 2.09. The summed E-state index contributed by atoms with van der Waals surface area (Å²) >= 11 is 0. The van der Waals surface area contributed by atoms with Crippen molar-refractivity contribution in [2.45, 2.75) is 45.9 Å². The molecule has 0 bridgehead atoms. The molecule has 2 N–H and O–H groups in total. The van der Waals surface area contributed by atoms with E-state index in [4.69, 9.17) is 10.5 Å². The van der Waals surface area contributed by atoms with Gasteiger partial charge in [-0.05, 0) is 26.3 Å². The predicted molar refractivity (Wildman–Crippen MR) is 78.4 cm³/mol. The number of hydrogen-bond donors (Lipinski definition) is 1. The molecule has 1 aromatic carbocycles. The Kier molecular flexibility index (Phi) is 4.74. The highest BCUT2D eigenvalue weighted by Crippen LogP contribution is 2.26. The van der Waals surface area contributed by atoms with E-state index >= 15 is 0 Å². The Hall–Kier alpha value is -1.88. The van der Waals surface area contributed by atoms with Gasteiger partial charge in [-0.15, -0.1) is 0 Å². The van der Waals surface area contributed by atoms with Crippen molar-refractivity contribution in [3.8, 4) is 5.75 Å². The minimum atomic E-state index is -0.00540. The smallest absolute Gasteiger partial charge is 0.165 e. The van der Waals surface area contributed by atoms with Gasteiger partial charge >= 0.3 is 0 Å². The first kappa shape index (κ1) is 14.5. The Morgan fingerprint density at radius 3 is 2.75 bits per heavy atom. The molecule has 0 spiro atoms. The van der Waals surface area contributed by atoms with E-state index in [-0.39, 0.29) is 12.1 Å². The maximum Gasteiger partial charge on any atom is 0.165 e. The first-order valence-corrected chi connectivity index (χ1v) is 6.99. The lowest BCUT2D eigenvalue weighted by atomic mass is 10.0. The molecule has 5 heteroatoms. The van der Waals surface area contributed by atoms with Gasteiger partial charge in [-0.2, -0.15) is 5.10 Å². The quantitative estimate of drug-likeness (QED) is 0.879. The molecule has 1 aromatic heterocycles. The van der Waals surface area contributed by atoms with Crippen LogP contribution >= 0.6 is 0 Å². The van der Waals surface area contributed by atoms with Crippen molar-refractivity contribution in [2.24, 2.45) is 5.73 Å². The highest BCUT2D eigenvalue weighted by Gasteiger charge is 2.12. The standard InChI is InChI=1S/C15H22N4O/c1-4-13(16)12-7-5-6-8-14(12)20-9-15-17-10-18-19(15)11(2)3/h5-8,10-11,13H,4,9,16H2,1-3H3/t13-/m0/s1. The number of rotatable bonds is 6. The third-order valence-corrected chi connectivity index (χ3v) is 3.25. The number of hydrogen-bond acceptors (Lipinski definition) is 4. The molecule has 1 atom stereocenters. The van der Waals surface area contributed by atoms with Crippen LogP contribution in [0.25, 0.3) is 0 Å². The van der Waals surface area contributed by atoms with Gasteiger partial charge in [0.05, 0.1) is 0 Å². The SMILES string of the molecule is CC[C@H](N)c1ccccc1OCc1ncnn1C(C)C. The third kappa shape index (κ3) is 3.17. The van der Waals surface area contributed by atoms with E-state index in [1.807, 2.05) is 28.9 Å². The number of aromatic nitrogens is 3. The molecule has 1 heterocycles. The Bertz CT molecular complexity index is 550. The van der Waals surface area contributed by atoms with Crippen molar-refractivity contribution in [1.82, 2.24) is 14.8 Å². The van der Waals surface area contributed by atoms with Gasteiger partial charge < -0.3 is 10.5 Å². The molecule has 0 aliphatic heterocycles. The maximum absolute atomic E-state index is 6.11. The van der Waals surface area contributed by atoms with E-state index in [1.165, 1.54) is 0 Å². The largest absolute Gasteiger partial charge is 0.485 e. The van der Waals surface area contributed by atoms with Gasteiger partial charge in [-0.3, -0.25) is 0 Å². The summed E-state index contributed by atoms with van der Waals surface area (Å²) in [7, 11) is 0. The van der Waals surface area contributed by atoms with Crippen LogP contribution in [-0.2, 0) is 6.61 Å². The Morgan fingerprint density at radius 1 is 1.30 bits per heavy atom. The third-order valence-electron chi connectivity index (χ3n) is 3.25. The van der Waals surface area contributed by atoms with Crippen LogP contribution in [0.5, 0.6) is 5.75 Å². The highest BCUT2D eigenvalue weighted by molar-refractivity contribution is 5.35. The number of ether oxygens (including phenoxy) is 1. The van der Waals surface area contributed by atoms with Crippen LogP contribution in [0.3, 0.4) is 0 Å². The summed E-state index contributed by atoms with van der Waals surface area (Å²) in [4.78, 5) is 4.24. The molecule has 0 saturated heterocycles. The average molecular weight is 274 g/mol. The predicted octanol–water partition coefficient (Wildman–Crippen LogP) is 2.85. The van der Waals surface area contributed by atoms with Gasteiger partial charge in [-0.1, -0.05) is 25.1 Å². The summed E-state index contributed by atoms with van der Waals surface area (Å²) in [6.45, 7) is 6.60. The Morgan fingerprint density at radius 2 is 2.05 bits per heavy atom. The monoisotopic (exact) mass is 274 g/mol. The lowest BCUT2D eigenvalue weighted by Crippen LogP contribution is -2.13. The van der Waals surface area contributed by atoms with E-state index in [0.717, 1.165) is 23.6 Å². The van der Waals surface area contributed by atoms with Crippen LogP contribution in [0.2, 0.25) is 0 Å². The van der Waals surface area contributed by atoms with Crippen molar-refractivity contribution < 1.29 is 4.74 Å². The van der Waals surface area contributed by atoms with Crippen molar-refractivity contribution in [3.05, 3.63) is 42.0 Å². The number of para-hydroxylation sites is 1. The van der Waals surface area contributed by atoms with Gasteiger partial charge in [-0.25, -0.2) is 9.67 Å². The minimum absolute atomic E-state index is 0.00540. The maximum atomic E-state index is 6.11. The molecule has 0 unspecified atom stereocenters. The summed E-state index contributed by atoms with van der Waals surface area (Å²) in [5.74, 6) is 1.64. The molecular formula is C15H22N4O. The fourth-order valence-corrected chi connectivity index (χ4v) is 2.09. The first-order valence-electron chi connectivity index (χ1n) is 6.99. The zero-order chi connectivity index (χ0) is 14.5. The molecule has 108 valence electrons. The van der Waals surface area contributed by atoms with Crippen LogP contribution in [0, 0.1) is 0 Å². The lowest BCUT2D eigenvalue weighted by molar-refractivity contribution is 0.278. The fraction of sp³-hybridized carbons (Fsp3) is 0.467. The van der Waals surface area contributed by atoms with Crippen LogP contribution in [0.4, 0.5) is 0 Å². The highest BCUT2D eigenvalue weighted by atomic mass is 16.5. The molecular weight excluding hydrogens is 252 g/mol. The van der Waals surface area contributed by atoms with Gasteiger partial charge in [0.15, 0.2) is 5.82 Å². The lowest BCUT2D eigenvalue weighted by Gasteiger charge is -2.16. The van der Waals surface area contributed by atoms with Crippen molar-refractivity contribution in [3.63, 3.8) is 0 Å². The van der Waals surface area contributed by atoms with Crippen molar-refractivity contribution in [2.75, 3.05) is 0 Å². The van der Waals surface area contributed by atoms with Crippen LogP contribution in [-0.4, -0.2) is 14.8 Å². The normalized spacial score (nSPS) is 12.7. The van der Waals surface area contributed by atoms with E-state index in [0.29, 0.717) is 6.61 Å². The van der Waals surface area contributed by atoms with Crippen molar-refractivity contribution in [1.29, 1.82) is 0 Å². The topological polar surface area (TPSA) is 66.0 Å². The molecule has 0 aliphatic rings. The van der Waals surface area contributed by atoms with E-state index in [2.05, 4.69) is 30.9 Å². The molecule has 2 aromatic rings. The Balaban J connectivity index is 2.13. The van der Waals surface area contributed by atoms with E-state index in [9.17, 15) is 0 Å². The number of nitrogens with two attached hydrogens (primary N) is 1. The number of nitrogens with zero attached hydrogens (tertiary/aromatic N) is 3. The average Bonchev–Trinajstić information content (AvgIpc) is 2.93. The summed E-state index contributed by atoms with van der Waals surface area (Å²) in [6.07, 6.45) is 2.44. The van der Waals surface area contributed by atoms with E-state index in [1.54, 1.807) is 6.33 Å². The second-order valence-electron chi connectivity index (χ2n) is 5.06. The molecule has 0 saturated carbocycles.